The average molecular weight is 551 g/mol. The van der Waals surface area contributed by atoms with E-state index in [-0.39, 0.29) is 18.7 Å². The van der Waals surface area contributed by atoms with Gasteiger partial charge in [-0.25, -0.2) is 4.79 Å². The third-order valence-electron chi connectivity index (χ3n) is 5.81. The molecule has 39 heavy (non-hydrogen) atoms. The normalized spacial score (nSPS) is 13.0. The number of carbonyl (C=O) groups is 2. The average Bonchev–Trinajstić information content (AvgIpc) is 2.89. The molecule has 9 heteroatoms. The summed E-state index contributed by atoms with van der Waals surface area (Å²) in [6.45, 7) is 5.08. The van der Waals surface area contributed by atoms with Crippen LogP contribution in [0.2, 0.25) is 0 Å². The van der Waals surface area contributed by atoms with Gasteiger partial charge < -0.3 is 15.4 Å². The molecule has 3 rings (SSSR count). The van der Waals surface area contributed by atoms with Gasteiger partial charge in [-0.05, 0) is 50.0 Å². The minimum atomic E-state index is -4.44. The van der Waals surface area contributed by atoms with Crippen molar-refractivity contribution in [1.82, 2.24) is 10.6 Å². The third kappa shape index (κ3) is 8.80. The summed E-state index contributed by atoms with van der Waals surface area (Å²) in [7, 11) is -4.44. The minimum Gasteiger partial charge on any atom is -0.444 e. The van der Waals surface area contributed by atoms with Gasteiger partial charge in [0, 0.05) is 6.42 Å². The number of ether oxygens (including phenoxy) is 1. The van der Waals surface area contributed by atoms with E-state index in [0.717, 1.165) is 22.8 Å². The van der Waals surface area contributed by atoms with Crippen molar-refractivity contribution in [2.24, 2.45) is 0 Å². The Hall–Kier alpha value is -3.95. The summed E-state index contributed by atoms with van der Waals surface area (Å²) in [4.78, 5) is 25.9. The molecule has 8 nitrogen and oxygen atoms in total. The lowest BCUT2D eigenvalue weighted by atomic mass is 9.77. The van der Waals surface area contributed by atoms with E-state index < -0.39 is 33.4 Å². The van der Waals surface area contributed by atoms with Gasteiger partial charge >= 0.3 is 6.09 Å². The van der Waals surface area contributed by atoms with Crippen molar-refractivity contribution in [2.45, 2.75) is 50.8 Å². The summed E-state index contributed by atoms with van der Waals surface area (Å²) < 4.78 is 37.0. The fourth-order valence-corrected chi connectivity index (χ4v) is 4.60. The van der Waals surface area contributed by atoms with Crippen molar-refractivity contribution in [3.8, 4) is 0 Å². The number of rotatable bonds is 10. The van der Waals surface area contributed by atoms with Crippen molar-refractivity contribution in [2.75, 3.05) is 0 Å². The standard InChI is InChI=1S/C30H34N2O6S/c1-29(2,3)38-28(34)31-26(21-22-39(35,36)37)19-20-27(33)32-30(23-13-7-4-8-14-23,24-15-9-5-10-16-24)25-17-11-6-12-18-25/h4-18,21-22,26H,19-20H2,1-3H3,(H,31,34)(H,32,33)(H,35,36,37)/b22-21+. The van der Waals surface area contributed by atoms with Gasteiger partial charge in [0.25, 0.3) is 10.1 Å². The van der Waals surface area contributed by atoms with Crippen LogP contribution in [0.1, 0.15) is 50.3 Å². The van der Waals surface area contributed by atoms with E-state index in [1.807, 2.05) is 91.0 Å². The maximum absolute atomic E-state index is 13.6. The SMILES string of the molecule is CC(C)(C)OC(=O)NC(/C=C/S(=O)(=O)O)CCC(=O)NC(c1ccccc1)(c1ccccc1)c1ccccc1. The largest absolute Gasteiger partial charge is 0.444 e. The second-order valence-electron chi connectivity index (χ2n) is 10.0. The Morgan fingerprint density at radius 1 is 0.846 bits per heavy atom. The molecule has 0 fully saturated rings. The first-order chi connectivity index (χ1) is 18.4. The predicted octanol–water partition coefficient (Wildman–Crippen LogP) is 5.17. The van der Waals surface area contributed by atoms with Crippen molar-refractivity contribution >= 4 is 22.1 Å². The van der Waals surface area contributed by atoms with E-state index in [9.17, 15) is 18.0 Å². The van der Waals surface area contributed by atoms with Crippen LogP contribution < -0.4 is 10.6 Å². The van der Waals surface area contributed by atoms with Gasteiger partial charge in [0.15, 0.2) is 0 Å². The van der Waals surface area contributed by atoms with E-state index in [1.165, 1.54) is 0 Å². The van der Waals surface area contributed by atoms with Gasteiger partial charge in [0.1, 0.15) is 11.1 Å². The molecule has 2 amide bonds. The molecule has 0 aliphatic carbocycles. The first kappa shape index (κ1) is 29.6. The lowest BCUT2D eigenvalue weighted by molar-refractivity contribution is -0.122. The van der Waals surface area contributed by atoms with Gasteiger partial charge in [0.05, 0.1) is 11.4 Å². The lowest BCUT2D eigenvalue weighted by Crippen LogP contribution is -2.48. The molecule has 0 bridgehead atoms. The molecule has 0 aromatic heterocycles. The summed E-state index contributed by atoms with van der Waals surface area (Å²) >= 11 is 0. The van der Waals surface area contributed by atoms with Crippen LogP contribution in [0.4, 0.5) is 4.79 Å². The molecule has 0 saturated carbocycles. The first-order valence-corrected chi connectivity index (χ1v) is 14.0. The van der Waals surface area contributed by atoms with Gasteiger partial charge in [-0.2, -0.15) is 8.42 Å². The number of amides is 2. The highest BCUT2D eigenvalue weighted by atomic mass is 32.2. The second-order valence-corrected chi connectivity index (χ2v) is 11.3. The monoisotopic (exact) mass is 550 g/mol. The second kappa shape index (κ2) is 12.7. The van der Waals surface area contributed by atoms with Crippen LogP contribution in [0, 0.1) is 0 Å². The molecular weight excluding hydrogens is 516 g/mol. The van der Waals surface area contributed by atoms with Crippen LogP contribution in [-0.4, -0.2) is 36.6 Å². The Morgan fingerprint density at radius 3 is 1.67 bits per heavy atom. The van der Waals surface area contributed by atoms with Crippen molar-refractivity contribution < 1.29 is 27.3 Å². The fraction of sp³-hybridized carbons (Fsp3) is 0.267. The highest BCUT2D eigenvalue weighted by Gasteiger charge is 2.37. The Balaban J connectivity index is 1.93. The van der Waals surface area contributed by atoms with Crippen LogP contribution in [0.3, 0.4) is 0 Å². The van der Waals surface area contributed by atoms with Gasteiger partial charge in [-0.3, -0.25) is 9.35 Å². The van der Waals surface area contributed by atoms with E-state index in [1.54, 1.807) is 20.8 Å². The summed E-state index contributed by atoms with van der Waals surface area (Å²) in [6.07, 6.45) is 0.321. The highest BCUT2D eigenvalue weighted by molar-refractivity contribution is 7.88. The Morgan fingerprint density at radius 2 is 1.28 bits per heavy atom. The van der Waals surface area contributed by atoms with Crippen LogP contribution >= 0.6 is 0 Å². The van der Waals surface area contributed by atoms with Gasteiger partial charge in [0.2, 0.25) is 5.91 Å². The fourth-order valence-electron chi connectivity index (χ4n) is 4.21. The highest BCUT2D eigenvalue weighted by Crippen LogP contribution is 2.36. The summed E-state index contributed by atoms with van der Waals surface area (Å²) in [5.41, 5.74) is 0.764. The topological polar surface area (TPSA) is 122 Å². The Kier molecular flexibility index (Phi) is 9.66. The lowest BCUT2D eigenvalue weighted by Gasteiger charge is -2.37. The molecule has 1 atom stereocenters. The molecule has 0 spiro atoms. The van der Waals surface area contributed by atoms with Crippen LogP contribution in [0.25, 0.3) is 0 Å². The summed E-state index contributed by atoms with van der Waals surface area (Å²) in [5.74, 6) is -0.331. The molecule has 3 aromatic rings. The zero-order valence-electron chi connectivity index (χ0n) is 22.2. The van der Waals surface area contributed by atoms with E-state index >= 15 is 0 Å². The molecule has 0 aliphatic heterocycles. The molecule has 206 valence electrons. The number of carbonyl (C=O) groups excluding carboxylic acids is 2. The molecule has 0 radical (unpaired) electrons. The van der Waals surface area contributed by atoms with Crippen molar-refractivity contribution in [3.05, 3.63) is 119 Å². The molecule has 3 N–H and O–H groups in total. The quantitative estimate of drug-likeness (QED) is 0.237. The Bertz CT molecular complexity index is 1270. The number of benzene rings is 3. The molecular formula is C30H34N2O6S. The summed E-state index contributed by atoms with van der Waals surface area (Å²) in [6, 6.07) is 27.9. The predicted molar refractivity (Wildman–Crippen MR) is 150 cm³/mol. The zero-order chi connectivity index (χ0) is 28.5. The Labute approximate surface area is 229 Å². The summed E-state index contributed by atoms with van der Waals surface area (Å²) in [5, 5.41) is 6.36. The number of hydrogen-bond acceptors (Lipinski definition) is 5. The van der Waals surface area contributed by atoms with E-state index in [2.05, 4.69) is 10.6 Å². The van der Waals surface area contributed by atoms with Crippen LogP contribution in [0.15, 0.2) is 102 Å². The van der Waals surface area contributed by atoms with Crippen LogP contribution in [-0.2, 0) is 25.2 Å². The minimum absolute atomic E-state index is 0.0472. The molecule has 0 aliphatic rings. The zero-order valence-corrected chi connectivity index (χ0v) is 23.0. The van der Waals surface area contributed by atoms with Gasteiger partial charge in [-0.15, -0.1) is 0 Å². The maximum atomic E-state index is 13.6. The number of nitrogens with one attached hydrogen (secondary N) is 2. The first-order valence-electron chi connectivity index (χ1n) is 12.5. The smallest absolute Gasteiger partial charge is 0.408 e. The van der Waals surface area contributed by atoms with Crippen molar-refractivity contribution in [3.63, 3.8) is 0 Å². The molecule has 0 heterocycles. The van der Waals surface area contributed by atoms with E-state index in [0.29, 0.717) is 5.41 Å². The van der Waals surface area contributed by atoms with E-state index in [4.69, 9.17) is 9.29 Å². The number of alkyl carbamates (subject to hydrolysis) is 1. The van der Waals surface area contributed by atoms with Gasteiger partial charge in [-0.1, -0.05) is 91.0 Å². The number of hydrogen-bond donors (Lipinski definition) is 3. The molecule has 0 saturated heterocycles. The molecule has 3 aromatic carbocycles. The maximum Gasteiger partial charge on any atom is 0.408 e. The van der Waals surface area contributed by atoms with Crippen molar-refractivity contribution in [1.29, 1.82) is 0 Å². The van der Waals surface area contributed by atoms with Crippen LogP contribution in [0.5, 0.6) is 0 Å². The third-order valence-corrected chi connectivity index (χ3v) is 6.32. The molecule has 1 unspecified atom stereocenters.